The zero-order valence-corrected chi connectivity index (χ0v) is 12.6. The van der Waals surface area contributed by atoms with Crippen LogP contribution >= 0.6 is 0 Å². The van der Waals surface area contributed by atoms with Gasteiger partial charge in [-0.05, 0) is 49.1 Å². The lowest BCUT2D eigenvalue weighted by Crippen LogP contribution is -2.25. The van der Waals surface area contributed by atoms with E-state index < -0.39 is 0 Å². The molecule has 0 fully saturated rings. The second kappa shape index (κ2) is 7.48. The van der Waals surface area contributed by atoms with Crippen molar-refractivity contribution in [3.8, 4) is 5.75 Å². The fraction of sp³-hybridized carbons (Fsp3) is 0.278. The molecule has 3 heteroatoms. The summed E-state index contributed by atoms with van der Waals surface area (Å²) < 4.78 is 5.13. The predicted octanol–water partition coefficient (Wildman–Crippen LogP) is 3.37. The van der Waals surface area contributed by atoms with Crippen molar-refractivity contribution < 1.29 is 9.53 Å². The first-order valence-corrected chi connectivity index (χ1v) is 7.17. The maximum absolute atomic E-state index is 12.0. The van der Waals surface area contributed by atoms with Crippen LogP contribution in [0.5, 0.6) is 5.75 Å². The number of amides is 1. The molecule has 0 radical (unpaired) electrons. The van der Waals surface area contributed by atoms with Gasteiger partial charge in [-0.1, -0.05) is 30.3 Å². The van der Waals surface area contributed by atoms with E-state index in [0.717, 1.165) is 29.7 Å². The second-order valence-corrected chi connectivity index (χ2v) is 5.02. The number of carbonyl (C=O) groups excluding carboxylic acids is 1. The molecule has 0 saturated carbocycles. The number of hydrogen-bond donors (Lipinski definition) is 1. The fourth-order valence-corrected chi connectivity index (χ4v) is 2.21. The highest BCUT2D eigenvalue weighted by molar-refractivity contribution is 5.95. The highest BCUT2D eigenvalue weighted by Gasteiger charge is 2.06. The Morgan fingerprint density at radius 1 is 1.10 bits per heavy atom. The van der Waals surface area contributed by atoms with Crippen molar-refractivity contribution >= 4 is 5.91 Å². The van der Waals surface area contributed by atoms with Gasteiger partial charge in [0.25, 0.3) is 5.91 Å². The zero-order valence-electron chi connectivity index (χ0n) is 12.6. The fourth-order valence-electron chi connectivity index (χ4n) is 2.21. The molecule has 0 aliphatic heterocycles. The van der Waals surface area contributed by atoms with Gasteiger partial charge in [0.05, 0.1) is 7.11 Å². The van der Waals surface area contributed by atoms with Crippen LogP contribution in [0.15, 0.2) is 48.5 Å². The van der Waals surface area contributed by atoms with Gasteiger partial charge in [0.15, 0.2) is 0 Å². The van der Waals surface area contributed by atoms with Crippen LogP contribution in [-0.4, -0.2) is 19.6 Å². The summed E-state index contributed by atoms with van der Waals surface area (Å²) in [5.41, 5.74) is 3.01. The van der Waals surface area contributed by atoms with E-state index in [2.05, 4.69) is 17.4 Å². The molecule has 0 spiro atoms. The molecule has 21 heavy (non-hydrogen) atoms. The molecule has 2 aromatic carbocycles. The predicted molar refractivity (Wildman–Crippen MR) is 84.8 cm³/mol. The number of hydrogen-bond acceptors (Lipinski definition) is 2. The quantitative estimate of drug-likeness (QED) is 0.825. The van der Waals surface area contributed by atoms with E-state index >= 15 is 0 Å². The molecule has 0 heterocycles. The Hall–Kier alpha value is -2.29. The van der Waals surface area contributed by atoms with Crippen molar-refractivity contribution in [2.24, 2.45) is 0 Å². The average Bonchev–Trinajstić information content (AvgIpc) is 2.52. The van der Waals surface area contributed by atoms with Crippen molar-refractivity contribution in [1.82, 2.24) is 5.32 Å². The van der Waals surface area contributed by atoms with Crippen LogP contribution in [0.2, 0.25) is 0 Å². The summed E-state index contributed by atoms with van der Waals surface area (Å²) in [6, 6.07) is 15.7. The van der Waals surface area contributed by atoms with Crippen molar-refractivity contribution in [3.63, 3.8) is 0 Å². The summed E-state index contributed by atoms with van der Waals surface area (Å²) in [6.07, 6.45) is 1.86. The van der Waals surface area contributed by atoms with Crippen molar-refractivity contribution in [3.05, 3.63) is 65.2 Å². The lowest BCUT2D eigenvalue weighted by Gasteiger charge is -2.08. The van der Waals surface area contributed by atoms with E-state index in [-0.39, 0.29) is 5.91 Å². The molecule has 0 aliphatic carbocycles. The first-order valence-electron chi connectivity index (χ1n) is 7.17. The Morgan fingerprint density at radius 2 is 1.81 bits per heavy atom. The first kappa shape index (κ1) is 15.1. The van der Waals surface area contributed by atoms with Crippen LogP contribution in [0.1, 0.15) is 27.9 Å². The minimum absolute atomic E-state index is 0.00262. The number of nitrogens with one attached hydrogen (secondary N) is 1. The van der Waals surface area contributed by atoms with Crippen LogP contribution in [0.25, 0.3) is 0 Å². The highest BCUT2D eigenvalue weighted by Crippen LogP contribution is 2.12. The molecular weight excluding hydrogens is 262 g/mol. The number of ether oxygens (including phenoxy) is 1. The summed E-state index contributed by atoms with van der Waals surface area (Å²) in [5.74, 6) is 0.870. The third-order valence-electron chi connectivity index (χ3n) is 3.48. The monoisotopic (exact) mass is 283 g/mol. The van der Waals surface area contributed by atoms with E-state index in [0.29, 0.717) is 6.54 Å². The maximum Gasteiger partial charge on any atom is 0.251 e. The molecule has 2 rings (SSSR count). The minimum atomic E-state index is 0.00262. The number of aryl methyl sites for hydroxylation is 2. The standard InChI is InChI=1S/C18H21NO2/c1-14-6-3-4-8-17(14)18(20)19-13-5-7-15-9-11-16(21-2)12-10-15/h3-4,6,8-12H,5,7,13H2,1-2H3,(H,19,20). The minimum Gasteiger partial charge on any atom is -0.497 e. The summed E-state index contributed by atoms with van der Waals surface area (Å²) in [4.78, 5) is 12.0. The molecular formula is C18H21NO2. The average molecular weight is 283 g/mol. The lowest BCUT2D eigenvalue weighted by atomic mass is 10.1. The molecule has 0 aromatic heterocycles. The molecule has 0 atom stereocenters. The molecule has 110 valence electrons. The molecule has 0 saturated heterocycles. The van der Waals surface area contributed by atoms with Crippen LogP contribution in [0.3, 0.4) is 0 Å². The van der Waals surface area contributed by atoms with Gasteiger partial charge in [-0.2, -0.15) is 0 Å². The normalized spacial score (nSPS) is 10.2. The second-order valence-electron chi connectivity index (χ2n) is 5.02. The van der Waals surface area contributed by atoms with Crippen molar-refractivity contribution in [1.29, 1.82) is 0 Å². The molecule has 0 aliphatic rings. The van der Waals surface area contributed by atoms with Gasteiger partial charge in [-0.25, -0.2) is 0 Å². The van der Waals surface area contributed by atoms with Crippen molar-refractivity contribution in [2.45, 2.75) is 19.8 Å². The molecule has 1 amide bonds. The number of rotatable bonds is 6. The maximum atomic E-state index is 12.0. The topological polar surface area (TPSA) is 38.3 Å². The SMILES string of the molecule is COc1ccc(CCCNC(=O)c2ccccc2C)cc1. The van der Waals surface area contributed by atoms with E-state index in [4.69, 9.17) is 4.74 Å². The Morgan fingerprint density at radius 3 is 2.48 bits per heavy atom. The third kappa shape index (κ3) is 4.35. The lowest BCUT2D eigenvalue weighted by molar-refractivity contribution is 0.0952. The zero-order chi connectivity index (χ0) is 15.1. The van der Waals surface area contributed by atoms with Crippen LogP contribution in [0, 0.1) is 6.92 Å². The van der Waals surface area contributed by atoms with Crippen LogP contribution < -0.4 is 10.1 Å². The van der Waals surface area contributed by atoms with Crippen LogP contribution in [0.4, 0.5) is 0 Å². The van der Waals surface area contributed by atoms with Crippen molar-refractivity contribution in [2.75, 3.05) is 13.7 Å². The largest absolute Gasteiger partial charge is 0.497 e. The van der Waals surface area contributed by atoms with E-state index in [9.17, 15) is 4.79 Å². The van der Waals surface area contributed by atoms with Gasteiger partial charge in [-0.3, -0.25) is 4.79 Å². The summed E-state index contributed by atoms with van der Waals surface area (Å²) in [5, 5.41) is 2.97. The Kier molecular flexibility index (Phi) is 5.38. The number of benzene rings is 2. The Balaban J connectivity index is 1.76. The summed E-state index contributed by atoms with van der Waals surface area (Å²) >= 11 is 0. The molecule has 2 aromatic rings. The Labute approximate surface area is 126 Å². The molecule has 1 N–H and O–H groups in total. The molecule has 3 nitrogen and oxygen atoms in total. The molecule has 0 bridgehead atoms. The van der Waals surface area contributed by atoms with Gasteiger partial charge in [0.2, 0.25) is 0 Å². The first-order chi connectivity index (χ1) is 10.2. The van der Waals surface area contributed by atoms with Gasteiger partial charge in [0.1, 0.15) is 5.75 Å². The highest BCUT2D eigenvalue weighted by atomic mass is 16.5. The van der Waals surface area contributed by atoms with Gasteiger partial charge in [0, 0.05) is 12.1 Å². The van der Waals surface area contributed by atoms with Gasteiger partial charge < -0.3 is 10.1 Å². The molecule has 0 unspecified atom stereocenters. The van der Waals surface area contributed by atoms with E-state index in [1.807, 2.05) is 43.3 Å². The van der Waals surface area contributed by atoms with Gasteiger partial charge >= 0.3 is 0 Å². The smallest absolute Gasteiger partial charge is 0.251 e. The number of carbonyl (C=O) groups is 1. The van der Waals surface area contributed by atoms with Gasteiger partial charge in [-0.15, -0.1) is 0 Å². The Bertz CT molecular complexity index is 590. The number of methoxy groups -OCH3 is 1. The van der Waals surface area contributed by atoms with E-state index in [1.165, 1.54) is 5.56 Å². The third-order valence-corrected chi connectivity index (χ3v) is 3.48. The van der Waals surface area contributed by atoms with E-state index in [1.54, 1.807) is 7.11 Å². The van der Waals surface area contributed by atoms with Crippen LogP contribution in [-0.2, 0) is 6.42 Å². The summed E-state index contributed by atoms with van der Waals surface area (Å²) in [7, 11) is 1.66. The summed E-state index contributed by atoms with van der Waals surface area (Å²) in [6.45, 7) is 2.63.